The quantitative estimate of drug-likeness (QED) is 0.703. The lowest BCUT2D eigenvalue weighted by molar-refractivity contribution is -0.127. The van der Waals surface area contributed by atoms with Crippen LogP contribution in [-0.4, -0.2) is 35.4 Å². The second kappa shape index (κ2) is 6.53. The van der Waals surface area contributed by atoms with E-state index >= 15 is 0 Å². The molecule has 4 unspecified atom stereocenters. The molecule has 0 aromatic rings. The summed E-state index contributed by atoms with van der Waals surface area (Å²) >= 11 is 0. The highest BCUT2D eigenvalue weighted by atomic mass is 16.3. The van der Waals surface area contributed by atoms with Crippen LogP contribution in [0.4, 0.5) is 0 Å². The largest absolute Gasteiger partial charge is 0.394 e. The third-order valence-corrected chi connectivity index (χ3v) is 4.63. The first-order chi connectivity index (χ1) is 8.70. The molecule has 104 valence electrons. The fourth-order valence-electron chi connectivity index (χ4n) is 3.54. The summed E-state index contributed by atoms with van der Waals surface area (Å²) in [6, 6.07) is 0. The molecule has 0 aromatic carbocycles. The fourth-order valence-corrected chi connectivity index (χ4v) is 3.54. The molecule has 2 aliphatic carbocycles. The van der Waals surface area contributed by atoms with Gasteiger partial charge in [0, 0.05) is 12.5 Å². The van der Waals surface area contributed by atoms with Crippen molar-refractivity contribution in [2.75, 3.05) is 13.2 Å². The van der Waals surface area contributed by atoms with Crippen molar-refractivity contribution in [1.82, 2.24) is 5.32 Å². The van der Waals surface area contributed by atoms with E-state index in [1.165, 1.54) is 32.1 Å². The molecule has 2 fully saturated rings. The van der Waals surface area contributed by atoms with Gasteiger partial charge in [0.15, 0.2) is 0 Å². The first kappa shape index (κ1) is 13.8. The summed E-state index contributed by atoms with van der Waals surface area (Å²) in [6.07, 6.45) is 7.68. The van der Waals surface area contributed by atoms with Crippen molar-refractivity contribution in [3.8, 4) is 0 Å². The first-order valence-corrected chi connectivity index (χ1v) is 7.27. The molecule has 4 atom stereocenters. The summed E-state index contributed by atoms with van der Waals surface area (Å²) in [5, 5.41) is 20.7. The topological polar surface area (TPSA) is 69.6 Å². The van der Waals surface area contributed by atoms with E-state index in [4.69, 9.17) is 5.11 Å². The monoisotopic (exact) mass is 255 g/mol. The number of aliphatic hydroxyl groups excluding tert-OH is 2. The molecule has 0 radical (unpaired) electrons. The van der Waals surface area contributed by atoms with Crippen molar-refractivity contribution >= 4 is 5.91 Å². The molecule has 2 aliphatic rings. The standard InChI is InChI=1S/C14H25NO3/c16-9-13(17)8-15-14(18)12-6-5-10-3-1-2-4-11(10)7-12/h10-13,16-17H,1-9H2,(H,15,18). The van der Waals surface area contributed by atoms with E-state index in [-0.39, 0.29) is 25.0 Å². The Balaban J connectivity index is 1.77. The van der Waals surface area contributed by atoms with Crippen LogP contribution < -0.4 is 5.32 Å². The maximum Gasteiger partial charge on any atom is 0.223 e. The van der Waals surface area contributed by atoms with Crippen molar-refractivity contribution in [3.05, 3.63) is 0 Å². The third-order valence-electron chi connectivity index (χ3n) is 4.63. The van der Waals surface area contributed by atoms with Gasteiger partial charge in [-0.05, 0) is 31.1 Å². The zero-order valence-corrected chi connectivity index (χ0v) is 11.0. The number of rotatable bonds is 4. The number of amides is 1. The SMILES string of the molecule is O=C(NCC(O)CO)C1CCC2CCCCC2C1. The summed E-state index contributed by atoms with van der Waals surface area (Å²) in [7, 11) is 0. The molecule has 0 spiro atoms. The van der Waals surface area contributed by atoms with Crippen LogP contribution in [0, 0.1) is 17.8 Å². The van der Waals surface area contributed by atoms with Crippen LogP contribution in [0.3, 0.4) is 0 Å². The highest BCUT2D eigenvalue weighted by Crippen LogP contribution is 2.42. The summed E-state index contributed by atoms with van der Waals surface area (Å²) in [6.45, 7) is -0.129. The van der Waals surface area contributed by atoms with Crippen molar-refractivity contribution in [3.63, 3.8) is 0 Å². The Bertz CT molecular complexity index is 282. The van der Waals surface area contributed by atoms with Gasteiger partial charge in [-0.2, -0.15) is 0 Å². The number of hydrogen-bond donors (Lipinski definition) is 3. The summed E-state index contributed by atoms with van der Waals surface area (Å²) < 4.78 is 0. The maximum absolute atomic E-state index is 12.0. The molecular formula is C14H25NO3. The van der Waals surface area contributed by atoms with Gasteiger partial charge in [-0.25, -0.2) is 0 Å². The van der Waals surface area contributed by atoms with Gasteiger partial charge in [0.05, 0.1) is 12.7 Å². The lowest BCUT2D eigenvalue weighted by Gasteiger charge is -2.38. The second-order valence-corrected chi connectivity index (χ2v) is 5.90. The highest BCUT2D eigenvalue weighted by molar-refractivity contribution is 5.78. The number of hydrogen-bond acceptors (Lipinski definition) is 3. The molecule has 2 saturated carbocycles. The van der Waals surface area contributed by atoms with Crippen LogP contribution in [0.15, 0.2) is 0 Å². The number of carbonyl (C=O) groups excluding carboxylic acids is 1. The van der Waals surface area contributed by atoms with Gasteiger partial charge >= 0.3 is 0 Å². The summed E-state index contributed by atoms with van der Waals surface area (Å²) in [4.78, 5) is 12.0. The Kier molecular flexibility index (Phi) is 5.01. The van der Waals surface area contributed by atoms with E-state index in [9.17, 15) is 9.90 Å². The molecule has 0 heterocycles. The van der Waals surface area contributed by atoms with E-state index in [2.05, 4.69) is 5.32 Å². The molecule has 3 N–H and O–H groups in total. The number of nitrogens with one attached hydrogen (secondary N) is 1. The number of fused-ring (bicyclic) bond motifs is 1. The van der Waals surface area contributed by atoms with Gasteiger partial charge in [0.1, 0.15) is 0 Å². The Morgan fingerprint density at radius 1 is 1.17 bits per heavy atom. The number of aliphatic hydroxyl groups is 2. The Morgan fingerprint density at radius 2 is 1.89 bits per heavy atom. The maximum atomic E-state index is 12.0. The predicted molar refractivity (Wildman–Crippen MR) is 68.9 cm³/mol. The Hall–Kier alpha value is -0.610. The van der Waals surface area contributed by atoms with Gasteiger partial charge < -0.3 is 15.5 Å². The minimum Gasteiger partial charge on any atom is -0.394 e. The van der Waals surface area contributed by atoms with Crippen LogP contribution in [0.5, 0.6) is 0 Å². The van der Waals surface area contributed by atoms with Crippen molar-refractivity contribution < 1.29 is 15.0 Å². The van der Waals surface area contributed by atoms with Crippen molar-refractivity contribution in [2.45, 2.75) is 51.0 Å². The van der Waals surface area contributed by atoms with Crippen molar-refractivity contribution in [1.29, 1.82) is 0 Å². The molecule has 0 aliphatic heterocycles. The van der Waals surface area contributed by atoms with Gasteiger partial charge in [0.2, 0.25) is 5.91 Å². The van der Waals surface area contributed by atoms with E-state index in [1.54, 1.807) is 0 Å². The van der Waals surface area contributed by atoms with Gasteiger partial charge in [-0.15, -0.1) is 0 Å². The van der Waals surface area contributed by atoms with E-state index < -0.39 is 6.10 Å². The van der Waals surface area contributed by atoms with Crippen LogP contribution in [-0.2, 0) is 4.79 Å². The normalized spacial score (nSPS) is 33.6. The van der Waals surface area contributed by atoms with E-state index in [1.807, 2.05) is 0 Å². The second-order valence-electron chi connectivity index (χ2n) is 5.90. The average Bonchev–Trinajstić information content (AvgIpc) is 2.43. The predicted octanol–water partition coefficient (Wildman–Crippen LogP) is 1.06. The van der Waals surface area contributed by atoms with Gasteiger partial charge in [-0.3, -0.25) is 4.79 Å². The Morgan fingerprint density at radius 3 is 2.61 bits per heavy atom. The summed E-state index contributed by atoms with van der Waals surface area (Å²) in [5.41, 5.74) is 0. The molecule has 1 amide bonds. The average molecular weight is 255 g/mol. The fraction of sp³-hybridized carbons (Fsp3) is 0.929. The minimum atomic E-state index is -0.833. The van der Waals surface area contributed by atoms with Crippen LogP contribution in [0.1, 0.15) is 44.9 Å². The molecule has 0 bridgehead atoms. The Labute approximate surface area is 109 Å². The van der Waals surface area contributed by atoms with E-state index in [0.29, 0.717) is 0 Å². The zero-order valence-electron chi connectivity index (χ0n) is 11.0. The highest BCUT2D eigenvalue weighted by Gasteiger charge is 2.34. The number of carbonyl (C=O) groups is 1. The van der Waals surface area contributed by atoms with E-state index in [0.717, 1.165) is 24.7 Å². The molecule has 2 rings (SSSR count). The van der Waals surface area contributed by atoms with Gasteiger partial charge in [-0.1, -0.05) is 25.7 Å². The van der Waals surface area contributed by atoms with Crippen LogP contribution in [0.25, 0.3) is 0 Å². The molecule has 4 heteroatoms. The lowest BCUT2D eigenvalue weighted by Crippen LogP contribution is -2.40. The molecule has 4 nitrogen and oxygen atoms in total. The molecule has 0 aromatic heterocycles. The molecule has 18 heavy (non-hydrogen) atoms. The zero-order chi connectivity index (χ0) is 13.0. The molecular weight excluding hydrogens is 230 g/mol. The third kappa shape index (κ3) is 3.45. The summed E-state index contributed by atoms with van der Waals surface area (Å²) in [5.74, 6) is 1.78. The van der Waals surface area contributed by atoms with Crippen molar-refractivity contribution in [2.24, 2.45) is 17.8 Å². The van der Waals surface area contributed by atoms with Crippen LogP contribution >= 0.6 is 0 Å². The smallest absolute Gasteiger partial charge is 0.223 e. The van der Waals surface area contributed by atoms with Crippen LogP contribution in [0.2, 0.25) is 0 Å². The minimum absolute atomic E-state index is 0.0616. The lowest BCUT2D eigenvalue weighted by atomic mass is 9.67. The molecule has 0 saturated heterocycles. The van der Waals surface area contributed by atoms with Gasteiger partial charge in [0.25, 0.3) is 0 Å². The first-order valence-electron chi connectivity index (χ1n) is 7.27.